The highest BCUT2D eigenvalue weighted by atomic mass is 16.2. The van der Waals surface area contributed by atoms with Gasteiger partial charge in [0, 0.05) is 18.1 Å². The summed E-state index contributed by atoms with van der Waals surface area (Å²) in [7, 11) is 0. The lowest BCUT2D eigenvalue weighted by Crippen LogP contribution is -2.34. The van der Waals surface area contributed by atoms with Crippen molar-refractivity contribution in [2.75, 3.05) is 12.0 Å². The third-order valence-electron chi connectivity index (χ3n) is 3.27. The van der Waals surface area contributed by atoms with Gasteiger partial charge in [-0.05, 0) is 25.1 Å². The largest absolute Gasteiger partial charge is 0.367 e. The smallest absolute Gasteiger partial charge is 0.264 e. The summed E-state index contributed by atoms with van der Waals surface area (Å²) in [6, 6.07) is 9.33. The van der Waals surface area contributed by atoms with Crippen LogP contribution in [0.2, 0.25) is 0 Å². The highest BCUT2D eigenvalue weighted by molar-refractivity contribution is 6.21. The summed E-state index contributed by atoms with van der Waals surface area (Å²) in [4.78, 5) is 29.3. The average Bonchev–Trinajstić information content (AvgIpc) is 2.71. The van der Waals surface area contributed by atoms with Gasteiger partial charge in [0.05, 0.1) is 17.8 Å². The Bertz CT molecular complexity index is 645. The first-order valence-corrected chi connectivity index (χ1v) is 6.27. The van der Waals surface area contributed by atoms with Crippen LogP contribution >= 0.6 is 0 Å². The minimum absolute atomic E-state index is 0.148. The van der Waals surface area contributed by atoms with Crippen LogP contribution in [0.5, 0.6) is 0 Å². The lowest BCUT2D eigenvalue weighted by atomic mass is 10.2. The van der Waals surface area contributed by atoms with E-state index in [0.717, 1.165) is 11.3 Å². The van der Waals surface area contributed by atoms with Crippen molar-refractivity contribution >= 4 is 17.5 Å². The van der Waals surface area contributed by atoms with Crippen LogP contribution in [0.25, 0.3) is 0 Å². The molecule has 5 nitrogen and oxygen atoms in total. The van der Waals surface area contributed by atoms with Gasteiger partial charge in [0.15, 0.2) is 0 Å². The molecule has 2 heterocycles. The second kappa shape index (κ2) is 4.77. The van der Waals surface area contributed by atoms with E-state index in [1.54, 1.807) is 6.07 Å². The average molecular weight is 267 g/mol. The predicted octanol–water partition coefficient (Wildman–Crippen LogP) is 2.06. The summed E-state index contributed by atoms with van der Waals surface area (Å²) >= 11 is 0. The molecule has 1 aromatic heterocycles. The molecule has 2 aromatic rings. The van der Waals surface area contributed by atoms with E-state index in [4.69, 9.17) is 0 Å². The minimum atomic E-state index is -0.308. The molecule has 1 aromatic carbocycles. The number of imide groups is 1. The van der Waals surface area contributed by atoms with Gasteiger partial charge in [0.1, 0.15) is 0 Å². The third kappa shape index (κ3) is 2.03. The normalized spacial score (nSPS) is 13.6. The van der Waals surface area contributed by atoms with Crippen LogP contribution < -0.4 is 5.32 Å². The monoisotopic (exact) mass is 267 g/mol. The van der Waals surface area contributed by atoms with Crippen LogP contribution in [0.15, 0.2) is 42.7 Å². The number of rotatable bonds is 3. The van der Waals surface area contributed by atoms with Crippen LogP contribution in [-0.4, -0.2) is 28.4 Å². The first-order valence-electron chi connectivity index (χ1n) is 6.27. The molecule has 0 bridgehead atoms. The lowest BCUT2D eigenvalue weighted by Gasteiger charge is -2.15. The first-order chi connectivity index (χ1) is 9.66. The Morgan fingerprint density at radius 2 is 1.75 bits per heavy atom. The van der Waals surface area contributed by atoms with E-state index < -0.39 is 0 Å². The van der Waals surface area contributed by atoms with Gasteiger partial charge in [0.2, 0.25) is 0 Å². The molecule has 0 saturated carbocycles. The Labute approximate surface area is 116 Å². The van der Waals surface area contributed by atoms with Crippen molar-refractivity contribution < 1.29 is 9.59 Å². The maximum absolute atomic E-state index is 12.1. The van der Waals surface area contributed by atoms with E-state index >= 15 is 0 Å². The molecule has 2 amide bonds. The first kappa shape index (κ1) is 12.3. The Hall–Kier alpha value is -2.69. The molecule has 20 heavy (non-hydrogen) atoms. The van der Waals surface area contributed by atoms with Gasteiger partial charge in [-0.1, -0.05) is 17.7 Å². The molecule has 3 rings (SSSR count). The summed E-state index contributed by atoms with van der Waals surface area (Å²) in [5.41, 5.74) is 2.80. The number of nitrogens with one attached hydrogen (secondary N) is 1. The highest BCUT2D eigenvalue weighted by Gasteiger charge is 2.35. The Balaban J connectivity index is 1.75. The Morgan fingerprint density at radius 1 is 1.05 bits per heavy atom. The zero-order chi connectivity index (χ0) is 14.1. The molecule has 1 aliphatic heterocycles. The molecule has 100 valence electrons. The molecule has 0 saturated heterocycles. The number of aromatic nitrogens is 1. The van der Waals surface area contributed by atoms with Crippen molar-refractivity contribution in [3.63, 3.8) is 0 Å². The second-order valence-electron chi connectivity index (χ2n) is 4.66. The number of nitrogens with zero attached hydrogens (tertiary/aromatic N) is 2. The maximum atomic E-state index is 12.1. The summed E-state index contributed by atoms with van der Waals surface area (Å²) in [6.07, 6.45) is 2.95. The van der Waals surface area contributed by atoms with E-state index in [2.05, 4.69) is 10.3 Å². The molecular formula is C15H13N3O2. The third-order valence-corrected chi connectivity index (χ3v) is 3.27. The molecule has 0 spiro atoms. The summed E-state index contributed by atoms with van der Waals surface area (Å²) < 4.78 is 0. The number of pyridine rings is 1. The molecule has 5 heteroatoms. The number of benzene rings is 1. The standard InChI is InChI=1S/C15H13N3O2/c1-10-2-4-11(5-3-10)17-9-18-14(19)12-6-7-16-8-13(12)15(18)20/h2-8,17H,9H2,1H3. The van der Waals surface area contributed by atoms with Crippen molar-refractivity contribution in [1.82, 2.24) is 9.88 Å². The van der Waals surface area contributed by atoms with Crippen molar-refractivity contribution in [1.29, 1.82) is 0 Å². The quantitative estimate of drug-likeness (QED) is 0.865. The van der Waals surface area contributed by atoms with Gasteiger partial charge in [-0.3, -0.25) is 19.5 Å². The molecular weight excluding hydrogens is 254 g/mol. The minimum Gasteiger partial charge on any atom is -0.367 e. The van der Waals surface area contributed by atoms with Gasteiger partial charge in [-0.2, -0.15) is 0 Å². The van der Waals surface area contributed by atoms with Gasteiger partial charge in [-0.15, -0.1) is 0 Å². The fraction of sp³-hybridized carbons (Fsp3) is 0.133. The molecule has 1 N–H and O–H groups in total. The van der Waals surface area contributed by atoms with Crippen LogP contribution in [0.3, 0.4) is 0 Å². The number of fused-ring (bicyclic) bond motifs is 1. The summed E-state index contributed by atoms with van der Waals surface area (Å²) in [6.45, 7) is 2.15. The molecule has 0 fully saturated rings. The Kier molecular flexibility index (Phi) is 2.95. The number of hydrogen-bond donors (Lipinski definition) is 1. The fourth-order valence-electron chi connectivity index (χ4n) is 2.12. The van der Waals surface area contributed by atoms with Crippen LogP contribution in [0.4, 0.5) is 5.69 Å². The fourth-order valence-corrected chi connectivity index (χ4v) is 2.12. The van der Waals surface area contributed by atoms with Crippen molar-refractivity contribution in [2.45, 2.75) is 6.92 Å². The van der Waals surface area contributed by atoms with Gasteiger partial charge in [0.25, 0.3) is 11.8 Å². The van der Waals surface area contributed by atoms with Crippen molar-refractivity contribution in [3.05, 3.63) is 59.4 Å². The van der Waals surface area contributed by atoms with E-state index in [1.165, 1.54) is 17.3 Å². The number of aryl methyl sites for hydroxylation is 1. The van der Waals surface area contributed by atoms with Crippen LogP contribution in [-0.2, 0) is 0 Å². The van der Waals surface area contributed by atoms with Crippen LogP contribution in [0, 0.1) is 6.92 Å². The molecule has 0 unspecified atom stereocenters. The maximum Gasteiger partial charge on any atom is 0.264 e. The van der Waals surface area contributed by atoms with Crippen molar-refractivity contribution in [3.8, 4) is 0 Å². The van der Waals surface area contributed by atoms with E-state index in [-0.39, 0.29) is 18.5 Å². The van der Waals surface area contributed by atoms with E-state index in [1.807, 2.05) is 31.2 Å². The molecule has 0 radical (unpaired) electrons. The number of hydrogen-bond acceptors (Lipinski definition) is 4. The van der Waals surface area contributed by atoms with E-state index in [9.17, 15) is 9.59 Å². The highest BCUT2D eigenvalue weighted by Crippen LogP contribution is 2.21. The molecule has 0 atom stereocenters. The predicted molar refractivity (Wildman–Crippen MR) is 74.4 cm³/mol. The summed E-state index contributed by atoms with van der Waals surface area (Å²) in [5, 5.41) is 3.07. The zero-order valence-corrected chi connectivity index (χ0v) is 11.0. The molecule has 0 aliphatic carbocycles. The Morgan fingerprint density at radius 3 is 2.45 bits per heavy atom. The van der Waals surface area contributed by atoms with Gasteiger partial charge < -0.3 is 5.32 Å². The SMILES string of the molecule is Cc1ccc(NCN2C(=O)c3ccncc3C2=O)cc1. The topological polar surface area (TPSA) is 62.3 Å². The van der Waals surface area contributed by atoms with Crippen molar-refractivity contribution in [2.24, 2.45) is 0 Å². The van der Waals surface area contributed by atoms with Gasteiger partial charge in [-0.25, -0.2) is 0 Å². The van der Waals surface area contributed by atoms with E-state index in [0.29, 0.717) is 11.1 Å². The number of carbonyl (C=O) groups excluding carboxylic acids is 2. The number of carbonyl (C=O) groups is 2. The number of anilines is 1. The lowest BCUT2D eigenvalue weighted by molar-refractivity contribution is 0.0666. The van der Waals surface area contributed by atoms with Crippen LogP contribution in [0.1, 0.15) is 26.3 Å². The van der Waals surface area contributed by atoms with Gasteiger partial charge >= 0.3 is 0 Å². The molecule has 1 aliphatic rings. The summed E-state index contributed by atoms with van der Waals surface area (Å²) in [5.74, 6) is -0.593. The second-order valence-corrected chi connectivity index (χ2v) is 4.66. The zero-order valence-electron chi connectivity index (χ0n) is 11.0. The number of amides is 2.